The number of piperidine rings is 1. The Kier molecular flexibility index (Phi) is 5.53. The van der Waals surface area contributed by atoms with Crippen LogP contribution in [0.25, 0.3) is 11.3 Å². The van der Waals surface area contributed by atoms with Crippen LogP contribution in [0, 0.1) is 12.8 Å². The molecule has 33 heavy (non-hydrogen) atoms. The SMILES string of the molecule is Cc1cnc(Nc2cnn(C3CCN(C(=O)C4CC4)CC3)c2)nc1-c1ccc(C(=O)O)cc1. The summed E-state index contributed by atoms with van der Waals surface area (Å²) in [5, 5.41) is 16.8. The van der Waals surface area contributed by atoms with Crippen LogP contribution in [0.5, 0.6) is 0 Å². The molecule has 1 amide bonds. The number of likely N-dealkylation sites (tertiary alicyclic amines) is 1. The third-order valence-electron chi connectivity index (χ3n) is 6.31. The van der Waals surface area contributed by atoms with Crippen LogP contribution in [0.4, 0.5) is 11.6 Å². The maximum Gasteiger partial charge on any atom is 0.335 e. The summed E-state index contributed by atoms with van der Waals surface area (Å²) in [5.41, 5.74) is 3.49. The number of aryl methyl sites for hydroxylation is 1. The molecule has 0 unspecified atom stereocenters. The van der Waals surface area contributed by atoms with Crippen LogP contribution in [0.3, 0.4) is 0 Å². The number of aromatic carboxylic acids is 1. The predicted octanol–water partition coefficient (Wildman–Crippen LogP) is 3.66. The van der Waals surface area contributed by atoms with Gasteiger partial charge in [-0.3, -0.25) is 9.48 Å². The lowest BCUT2D eigenvalue weighted by Gasteiger charge is -2.32. The number of rotatable bonds is 6. The van der Waals surface area contributed by atoms with E-state index in [0.717, 1.165) is 61.3 Å². The van der Waals surface area contributed by atoms with Gasteiger partial charge in [0.2, 0.25) is 11.9 Å². The molecule has 9 nitrogen and oxygen atoms in total. The molecule has 3 aromatic rings. The van der Waals surface area contributed by atoms with Gasteiger partial charge in [-0.1, -0.05) is 12.1 Å². The van der Waals surface area contributed by atoms with Gasteiger partial charge in [0, 0.05) is 37.0 Å². The monoisotopic (exact) mass is 446 g/mol. The van der Waals surface area contributed by atoms with Crippen molar-refractivity contribution in [2.75, 3.05) is 18.4 Å². The van der Waals surface area contributed by atoms with Crippen molar-refractivity contribution in [2.45, 2.75) is 38.6 Å². The van der Waals surface area contributed by atoms with E-state index in [-0.39, 0.29) is 17.5 Å². The van der Waals surface area contributed by atoms with Gasteiger partial charge in [-0.25, -0.2) is 14.8 Å². The number of benzene rings is 1. The fraction of sp³-hybridized carbons (Fsp3) is 0.375. The van der Waals surface area contributed by atoms with Crippen LogP contribution in [-0.2, 0) is 4.79 Å². The summed E-state index contributed by atoms with van der Waals surface area (Å²) in [6.07, 6.45) is 9.34. The van der Waals surface area contributed by atoms with Gasteiger partial charge < -0.3 is 15.3 Å². The highest BCUT2D eigenvalue weighted by Gasteiger charge is 2.35. The number of nitrogens with one attached hydrogen (secondary N) is 1. The van der Waals surface area contributed by atoms with Crippen LogP contribution < -0.4 is 5.32 Å². The maximum atomic E-state index is 12.3. The van der Waals surface area contributed by atoms with Crippen molar-refractivity contribution in [3.63, 3.8) is 0 Å². The lowest BCUT2D eigenvalue weighted by molar-refractivity contribution is -0.133. The largest absolute Gasteiger partial charge is 0.478 e. The standard InChI is InChI=1S/C24H26N6O3/c1-15-12-25-24(28-21(15)16-2-6-18(7-3-16)23(32)33)27-19-13-26-30(14-19)20-8-10-29(11-9-20)22(31)17-4-5-17/h2-3,6-7,12-14,17,20H,4-5,8-11H2,1H3,(H,32,33)(H,25,27,28). The Balaban J connectivity index is 1.25. The number of hydrogen-bond donors (Lipinski definition) is 2. The molecule has 2 aromatic heterocycles. The molecule has 0 spiro atoms. The lowest BCUT2D eigenvalue weighted by atomic mass is 10.0. The zero-order chi connectivity index (χ0) is 22.9. The Morgan fingerprint density at radius 1 is 1.06 bits per heavy atom. The van der Waals surface area contributed by atoms with E-state index in [1.165, 1.54) is 0 Å². The van der Waals surface area contributed by atoms with Crippen molar-refractivity contribution in [3.8, 4) is 11.3 Å². The summed E-state index contributed by atoms with van der Waals surface area (Å²) in [4.78, 5) is 34.4. The maximum absolute atomic E-state index is 12.3. The topological polar surface area (TPSA) is 113 Å². The van der Waals surface area contributed by atoms with Gasteiger partial charge in [-0.05, 0) is 50.3 Å². The van der Waals surface area contributed by atoms with E-state index >= 15 is 0 Å². The summed E-state index contributed by atoms with van der Waals surface area (Å²) in [7, 11) is 0. The smallest absolute Gasteiger partial charge is 0.335 e. The van der Waals surface area contributed by atoms with E-state index in [9.17, 15) is 9.59 Å². The van der Waals surface area contributed by atoms with Crippen LogP contribution >= 0.6 is 0 Å². The van der Waals surface area contributed by atoms with Crippen LogP contribution in [0.1, 0.15) is 47.6 Å². The third kappa shape index (κ3) is 4.57. The average Bonchev–Trinajstić information content (AvgIpc) is 3.58. The summed E-state index contributed by atoms with van der Waals surface area (Å²) in [5.74, 6) is 0.0839. The summed E-state index contributed by atoms with van der Waals surface area (Å²) in [6.45, 7) is 3.49. The Morgan fingerprint density at radius 2 is 1.79 bits per heavy atom. The van der Waals surface area contributed by atoms with E-state index < -0.39 is 5.97 Å². The molecule has 0 atom stereocenters. The highest BCUT2D eigenvalue weighted by Crippen LogP contribution is 2.33. The molecule has 1 aliphatic carbocycles. The van der Waals surface area contributed by atoms with E-state index in [4.69, 9.17) is 5.11 Å². The molecule has 2 aliphatic rings. The number of hydrogen-bond acceptors (Lipinski definition) is 6. The van der Waals surface area contributed by atoms with Gasteiger partial charge in [-0.2, -0.15) is 5.10 Å². The minimum Gasteiger partial charge on any atom is -0.478 e. The molecule has 5 rings (SSSR count). The number of carbonyl (C=O) groups excluding carboxylic acids is 1. The first-order chi connectivity index (χ1) is 16.0. The second-order valence-electron chi connectivity index (χ2n) is 8.77. The van der Waals surface area contributed by atoms with E-state index in [2.05, 4.69) is 20.4 Å². The summed E-state index contributed by atoms with van der Waals surface area (Å²) >= 11 is 0. The quantitative estimate of drug-likeness (QED) is 0.594. The first-order valence-corrected chi connectivity index (χ1v) is 11.3. The van der Waals surface area contributed by atoms with Gasteiger partial charge in [0.1, 0.15) is 0 Å². The zero-order valence-corrected chi connectivity index (χ0v) is 18.4. The highest BCUT2D eigenvalue weighted by molar-refractivity contribution is 5.88. The molecule has 9 heteroatoms. The van der Waals surface area contributed by atoms with Gasteiger partial charge >= 0.3 is 5.97 Å². The van der Waals surface area contributed by atoms with E-state index in [1.807, 2.05) is 22.7 Å². The van der Waals surface area contributed by atoms with Crippen molar-refractivity contribution in [1.82, 2.24) is 24.6 Å². The Hall–Kier alpha value is -3.75. The van der Waals surface area contributed by atoms with Crippen molar-refractivity contribution in [2.24, 2.45) is 5.92 Å². The van der Waals surface area contributed by atoms with Crippen molar-refractivity contribution < 1.29 is 14.7 Å². The molecule has 1 aromatic carbocycles. The predicted molar refractivity (Wildman–Crippen MR) is 122 cm³/mol. The van der Waals surface area contributed by atoms with Crippen molar-refractivity contribution in [1.29, 1.82) is 0 Å². The van der Waals surface area contributed by atoms with Crippen molar-refractivity contribution >= 4 is 23.5 Å². The van der Waals surface area contributed by atoms with Gasteiger partial charge in [0.15, 0.2) is 0 Å². The molecule has 1 saturated carbocycles. The van der Waals surface area contributed by atoms with Crippen molar-refractivity contribution in [3.05, 3.63) is 54.0 Å². The van der Waals surface area contributed by atoms with Gasteiger partial charge in [-0.15, -0.1) is 0 Å². The normalized spacial score (nSPS) is 16.6. The minimum atomic E-state index is -0.958. The second kappa shape index (κ2) is 8.65. The molecule has 0 bridgehead atoms. The molecular weight excluding hydrogens is 420 g/mol. The van der Waals surface area contributed by atoms with E-state index in [1.54, 1.807) is 36.7 Å². The number of carboxylic acid groups (broad SMARTS) is 1. The molecule has 170 valence electrons. The Bertz CT molecular complexity index is 1180. The molecule has 1 saturated heterocycles. The highest BCUT2D eigenvalue weighted by atomic mass is 16.4. The van der Waals surface area contributed by atoms with Crippen LogP contribution in [0.15, 0.2) is 42.9 Å². The Labute approximate surface area is 191 Å². The fourth-order valence-electron chi connectivity index (χ4n) is 4.24. The molecule has 3 heterocycles. The first-order valence-electron chi connectivity index (χ1n) is 11.3. The molecule has 0 radical (unpaired) electrons. The molecule has 1 aliphatic heterocycles. The lowest BCUT2D eigenvalue weighted by Crippen LogP contribution is -2.39. The minimum absolute atomic E-state index is 0.235. The molecule has 2 fully saturated rings. The number of nitrogens with zero attached hydrogens (tertiary/aromatic N) is 5. The zero-order valence-electron chi connectivity index (χ0n) is 18.4. The van der Waals surface area contributed by atoms with Gasteiger partial charge in [0.05, 0.1) is 29.2 Å². The number of anilines is 2. The molecular formula is C24H26N6O3. The average molecular weight is 447 g/mol. The summed E-state index contributed by atoms with van der Waals surface area (Å²) < 4.78 is 1.96. The molecule has 2 N–H and O–H groups in total. The van der Waals surface area contributed by atoms with Gasteiger partial charge in [0.25, 0.3) is 0 Å². The van der Waals surface area contributed by atoms with E-state index in [0.29, 0.717) is 11.9 Å². The van der Waals surface area contributed by atoms with Crippen LogP contribution in [0.2, 0.25) is 0 Å². The first kappa shape index (κ1) is 21.1. The number of carboxylic acids is 1. The number of amides is 1. The second-order valence-corrected chi connectivity index (χ2v) is 8.77. The third-order valence-corrected chi connectivity index (χ3v) is 6.31. The van der Waals surface area contributed by atoms with Crippen LogP contribution in [-0.4, -0.2) is 54.7 Å². The fourth-order valence-corrected chi connectivity index (χ4v) is 4.24. The Morgan fingerprint density at radius 3 is 2.45 bits per heavy atom. The number of carbonyl (C=O) groups is 2. The number of aromatic nitrogens is 4. The summed E-state index contributed by atoms with van der Waals surface area (Å²) in [6, 6.07) is 6.91.